The van der Waals surface area contributed by atoms with Gasteiger partial charge in [-0.1, -0.05) is 13.8 Å². The van der Waals surface area contributed by atoms with E-state index in [0.717, 1.165) is 17.1 Å². The maximum Gasteiger partial charge on any atom is 0.269 e. The van der Waals surface area contributed by atoms with Gasteiger partial charge >= 0.3 is 0 Å². The van der Waals surface area contributed by atoms with E-state index >= 15 is 0 Å². The summed E-state index contributed by atoms with van der Waals surface area (Å²) in [6.45, 7) is 4.11. The van der Waals surface area contributed by atoms with Crippen molar-refractivity contribution < 1.29 is 9.34 Å². The topological polar surface area (TPSA) is 56.3 Å². The molecule has 0 aliphatic heterocycles. The highest BCUT2D eigenvalue weighted by Gasteiger charge is 2.09. The van der Waals surface area contributed by atoms with E-state index in [1.165, 1.54) is 12.1 Å². The van der Waals surface area contributed by atoms with Crippen molar-refractivity contribution in [2.45, 2.75) is 19.8 Å². The van der Waals surface area contributed by atoms with Gasteiger partial charge in [-0.2, -0.15) is 0 Å². The highest BCUT2D eigenvalue weighted by molar-refractivity contribution is 5.59. The molecule has 0 unspecified atom stereocenters. The summed E-state index contributed by atoms with van der Waals surface area (Å²) in [7, 11) is 0. The zero-order chi connectivity index (χ0) is 12.4. The Bertz CT molecular complexity index is 526. The zero-order valence-electron chi connectivity index (χ0n) is 9.71. The lowest BCUT2D eigenvalue weighted by molar-refractivity contribution is -0.384. The van der Waals surface area contributed by atoms with Crippen molar-refractivity contribution in [2.24, 2.45) is 0 Å². The molecule has 88 valence electrons. The van der Waals surface area contributed by atoms with E-state index in [9.17, 15) is 10.1 Å². The maximum absolute atomic E-state index is 10.5. The van der Waals surface area contributed by atoms with Gasteiger partial charge in [0, 0.05) is 23.6 Å². The summed E-state index contributed by atoms with van der Waals surface area (Å²) in [5, 5.41) is 10.5. The second-order valence-corrected chi connectivity index (χ2v) is 4.16. The number of non-ortho nitro benzene ring substituents is 1. The highest BCUT2D eigenvalue weighted by atomic mass is 16.6. The van der Waals surface area contributed by atoms with Crippen LogP contribution in [0, 0.1) is 10.1 Å². The molecule has 0 spiro atoms. The van der Waals surface area contributed by atoms with Gasteiger partial charge in [0.1, 0.15) is 11.5 Å². The second kappa shape index (κ2) is 4.41. The first-order valence-corrected chi connectivity index (χ1v) is 5.42. The molecule has 0 atom stereocenters. The number of hydrogen-bond acceptors (Lipinski definition) is 3. The van der Waals surface area contributed by atoms with Crippen LogP contribution in [-0.2, 0) is 0 Å². The van der Waals surface area contributed by atoms with Crippen LogP contribution in [0.5, 0.6) is 0 Å². The quantitative estimate of drug-likeness (QED) is 0.593. The summed E-state index contributed by atoms with van der Waals surface area (Å²) in [6, 6.07) is 10.2. The van der Waals surface area contributed by atoms with E-state index in [2.05, 4.69) is 13.8 Å². The fourth-order valence-electron chi connectivity index (χ4n) is 1.57. The molecule has 0 radical (unpaired) electrons. The molecule has 0 N–H and O–H groups in total. The van der Waals surface area contributed by atoms with E-state index in [1.54, 1.807) is 12.1 Å². The average molecular weight is 231 g/mol. The van der Waals surface area contributed by atoms with Crippen molar-refractivity contribution in [3.05, 3.63) is 52.3 Å². The zero-order valence-corrected chi connectivity index (χ0v) is 9.71. The van der Waals surface area contributed by atoms with Gasteiger partial charge in [0.25, 0.3) is 5.69 Å². The monoisotopic (exact) mass is 231 g/mol. The number of hydrogen-bond donors (Lipinski definition) is 0. The van der Waals surface area contributed by atoms with Gasteiger partial charge in [-0.25, -0.2) is 0 Å². The molecule has 1 aromatic heterocycles. The fourth-order valence-corrected chi connectivity index (χ4v) is 1.57. The lowest BCUT2D eigenvalue weighted by Crippen LogP contribution is -1.86. The molecule has 0 aliphatic rings. The molecule has 4 nitrogen and oxygen atoms in total. The van der Waals surface area contributed by atoms with Gasteiger partial charge in [-0.3, -0.25) is 10.1 Å². The van der Waals surface area contributed by atoms with Crippen LogP contribution < -0.4 is 0 Å². The number of furan rings is 1. The van der Waals surface area contributed by atoms with Gasteiger partial charge in [0.15, 0.2) is 0 Å². The highest BCUT2D eigenvalue weighted by Crippen LogP contribution is 2.27. The second-order valence-electron chi connectivity index (χ2n) is 4.16. The lowest BCUT2D eigenvalue weighted by atomic mass is 10.1. The number of nitrogens with zero attached hydrogens (tertiary/aromatic N) is 1. The molecule has 4 heteroatoms. The minimum Gasteiger partial charge on any atom is -0.461 e. The third-order valence-electron chi connectivity index (χ3n) is 2.56. The van der Waals surface area contributed by atoms with Crippen molar-refractivity contribution in [1.82, 2.24) is 0 Å². The summed E-state index contributed by atoms with van der Waals surface area (Å²) in [4.78, 5) is 10.1. The third-order valence-corrected chi connectivity index (χ3v) is 2.56. The Morgan fingerprint density at radius 2 is 1.76 bits per heavy atom. The Hall–Kier alpha value is -2.10. The van der Waals surface area contributed by atoms with E-state index in [0.29, 0.717) is 5.92 Å². The summed E-state index contributed by atoms with van der Waals surface area (Å²) in [6.07, 6.45) is 0. The molecule has 0 aliphatic carbocycles. The first kappa shape index (κ1) is 11.4. The van der Waals surface area contributed by atoms with Crippen molar-refractivity contribution in [3.8, 4) is 11.3 Å². The summed E-state index contributed by atoms with van der Waals surface area (Å²) >= 11 is 0. The Labute approximate surface area is 99.0 Å². The predicted molar refractivity (Wildman–Crippen MR) is 64.9 cm³/mol. The summed E-state index contributed by atoms with van der Waals surface area (Å²) in [5.74, 6) is 1.99. The lowest BCUT2D eigenvalue weighted by Gasteiger charge is -1.99. The molecule has 0 amide bonds. The van der Waals surface area contributed by atoms with Crippen LogP contribution >= 0.6 is 0 Å². The first-order chi connectivity index (χ1) is 8.08. The molecular formula is C13H13NO3. The predicted octanol–water partition coefficient (Wildman–Crippen LogP) is 3.98. The number of nitro benzene ring substituents is 1. The van der Waals surface area contributed by atoms with E-state index < -0.39 is 4.92 Å². The van der Waals surface area contributed by atoms with Gasteiger partial charge in [-0.15, -0.1) is 0 Å². The van der Waals surface area contributed by atoms with Gasteiger partial charge in [-0.05, 0) is 24.3 Å². The molecule has 2 rings (SSSR count). The molecular weight excluding hydrogens is 218 g/mol. The Balaban J connectivity index is 2.30. The minimum atomic E-state index is -0.411. The van der Waals surface area contributed by atoms with Gasteiger partial charge in [0.2, 0.25) is 0 Å². The van der Waals surface area contributed by atoms with Gasteiger partial charge < -0.3 is 4.42 Å². The maximum atomic E-state index is 10.5. The van der Waals surface area contributed by atoms with Crippen molar-refractivity contribution in [3.63, 3.8) is 0 Å². The standard InChI is InChI=1S/C13H13NO3/c1-9(2)12-7-8-13(17-12)10-3-5-11(6-4-10)14(15)16/h3-9H,1-2H3. The number of benzene rings is 1. The Morgan fingerprint density at radius 1 is 1.12 bits per heavy atom. The normalized spacial score (nSPS) is 10.8. The van der Waals surface area contributed by atoms with E-state index in [4.69, 9.17) is 4.42 Å². The fraction of sp³-hybridized carbons (Fsp3) is 0.231. The number of nitro groups is 1. The SMILES string of the molecule is CC(C)c1ccc(-c2ccc([N+](=O)[O-])cc2)o1. The molecule has 0 saturated carbocycles. The summed E-state index contributed by atoms with van der Waals surface area (Å²) < 4.78 is 5.66. The van der Waals surface area contributed by atoms with Crippen LogP contribution in [0.2, 0.25) is 0 Å². The number of rotatable bonds is 3. The van der Waals surface area contributed by atoms with Crippen molar-refractivity contribution in [2.75, 3.05) is 0 Å². The molecule has 2 aromatic rings. The van der Waals surface area contributed by atoms with Crippen LogP contribution in [0.1, 0.15) is 25.5 Å². The van der Waals surface area contributed by atoms with Crippen LogP contribution in [0.15, 0.2) is 40.8 Å². The summed E-state index contributed by atoms with van der Waals surface area (Å²) in [5.41, 5.74) is 0.937. The van der Waals surface area contributed by atoms with Crippen LogP contribution in [-0.4, -0.2) is 4.92 Å². The van der Waals surface area contributed by atoms with E-state index in [1.807, 2.05) is 12.1 Å². The van der Waals surface area contributed by atoms with Crippen molar-refractivity contribution >= 4 is 5.69 Å². The molecule has 0 bridgehead atoms. The third kappa shape index (κ3) is 2.36. The molecule has 1 aromatic carbocycles. The smallest absolute Gasteiger partial charge is 0.269 e. The average Bonchev–Trinajstić information content (AvgIpc) is 2.78. The largest absolute Gasteiger partial charge is 0.461 e. The molecule has 0 fully saturated rings. The van der Waals surface area contributed by atoms with Crippen molar-refractivity contribution in [1.29, 1.82) is 0 Å². The Kier molecular flexibility index (Phi) is 2.95. The first-order valence-electron chi connectivity index (χ1n) is 5.42. The van der Waals surface area contributed by atoms with Crippen LogP contribution in [0.4, 0.5) is 5.69 Å². The molecule has 17 heavy (non-hydrogen) atoms. The van der Waals surface area contributed by atoms with Gasteiger partial charge in [0.05, 0.1) is 4.92 Å². The molecule has 0 saturated heterocycles. The molecule has 1 heterocycles. The van der Waals surface area contributed by atoms with Crippen LogP contribution in [0.25, 0.3) is 11.3 Å². The van der Waals surface area contributed by atoms with Crippen LogP contribution in [0.3, 0.4) is 0 Å². The minimum absolute atomic E-state index is 0.0874. The van der Waals surface area contributed by atoms with E-state index in [-0.39, 0.29) is 5.69 Å². The Morgan fingerprint density at radius 3 is 2.24 bits per heavy atom.